The number of nitrogens with zero attached hydrogens (tertiary/aromatic N) is 1. The monoisotopic (exact) mass is 470 g/mol. The van der Waals surface area contributed by atoms with E-state index in [9.17, 15) is 24.0 Å². The number of ketones is 1. The number of fused-ring (bicyclic) bond motifs is 1. The molecule has 0 bridgehead atoms. The summed E-state index contributed by atoms with van der Waals surface area (Å²) < 4.78 is 15.1. The molecule has 0 saturated heterocycles. The number of benzene rings is 1. The summed E-state index contributed by atoms with van der Waals surface area (Å²) in [6.45, 7) is 5.06. The number of methoxy groups -OCH3 is 1. The fourth-order valence-corrected chi connectivity index (χ4v) is 3.86. The Morgan fingerprint density at radius 2 is 1.62 bits per heavy atom. The number of aromatic amines is 1. The molecule has 10 heteroatoms. The number of aromatic nitrogens is 1. The second kappa shape index (κ2) is 10.4. The molecule has 1 aromatic carbocycles. The molecule has 0 aliphatic carbocycles. The summed E-state index contributed by atoms with van der Waals surface area (Å²) in [7, 11) is 1.53. The largest absolute Gasteiger partial charge is 0.462 e. The average Bonchev–Trinajstić information content (AvgIpc) is 3.24. The van der Waals surface area contributed by atoms with Crippen LogP contribution in [0, 0.1) is 13.8 Å². The number of hydrogen-bond donors (Lipinski definition) is 1. The SMILES string of the molecule is CCOC(=O)c1c(C)[nH]c(C)c1C(=O)COC(=O)c1ccc2c(c1)C(=O)N(CCCOC)C2=O. The number of imide groups is 1. The van der Waals surface area contributed by atoms with Crippen molar-refractivity contribution in [1.82, 2.24) is 9.88 Å². The van der Waals surface area contributed by atoms with Crippen molar-refractivity contribution in [2.75, 3.05) is 33.5 Å². The maximum Gasteiger partial charge on any atom is 0.340 e. The first-order chi connectivity index (χ1) is 16.2. The van der Waals surface area contributed by atoms with E-state index in [2.05, 4.69) is 4.98 Å². The number of rotatable bonds is 10. The lowest BCUT2D eigenvalue weighted by Gasteiger charge is -2.12. The highest BCUT2D eigenvalue weighted by Crippen LogP contribution is 2.25. The maximum absolute atomic E-state index is 12.8. The van der Waals surface area contributed by atoms with Crippen molar-refractivity contribution in [3.8, 4) is 0 Å². The van der Waals surface area contributed by atoms with E-state index >= 15 is 0 Å². The van der Waals surface area contributed by atoms with Gasteiger partial charge in [-0.05, 0) is 45.4 Å². The van der Waals surface area contributed by atoms with Gasteiger partial charge in [-0.25, -0.2) is 9.59 Å². The summed E-state index contributed by atoms with van der Waals surface area (Å²) in [5.74, 6) is -2.99. The van der Waals surface area contributed by atoms with Crippen molar-refractivity contribution >= 4 is 29.5 Å². The van der Waals surface area contributed by atoms with E-state index in [1.165, 1.54) is 25.3 Å². The van der Waals surface area contributed by atoms with E-state index in [4.69, 9.17) is 14.2 Å². The van der Waals surface area contributed by atoms with Crippen LogP contribution in [0.25, 0.3) is 0 Å². The summed E-state index contributed by atoms with van der Waals surface area (Å²) in [5, 5.41) is 0. The van der Waals surface area contributed by atoms with Crippen LogP contribution in [0.15, 0.2) is 18.2 Å². The Labute approximate surface area is 196 Å². The normalized spacial score (nSPS) is 12.6. The Morgan fingerprint density at radius 1 is 0.941 bits per heavy atom. The molecule has 1 aliphatic heterocycles. The topological polar surface area (TPSA) is 132 Å². The first kappa shape index (κ1) is 24.8. The summed E-state index contributed by atoms with van der Waals surface area (Å²) in [6.07, 6.45) is 0.491. The Balaban J connectivity index is 1.72. The van der Waals surface area contributed by atoms with Gasteiger partial charge in [-0.15, -0.1) is 0 Å². The van der Waals surface area contributed by atoms with Crippen LogP contribution in [0.5, 0.6) is 0 Å². The van der Waals surface area contributed by atoms with E-state index in [0.717, 1.165) is 4.90 Å². The number of aryl methyl sites for hydroxylation is 2. The molecular formula is C24H26N2O8. The molecule has 0 fully saturated rings. The van der Waals surface area contributed by atoms with Gasteiger partial charge in [-0.1, -0.05) is 0 Å². The summed E-state index contributed by atoms with van der Waals surface area (Å²) >= 11 is 0. The molecule has 1 aliphatic rings. The van der Waals surface area contributed by atoms with E-state index in [1.807, 2.05) is 0 Å². The smallest absolute Gasteiger partial charge is 0.340 e. The first-order valence-electron chi connectivity index (χ1n) is 10.8. The van der Waals surface area contributed by atoms with Gasteiger partial charge in [-0.2, -0.15) is 0 Å². The van der Waals surface area contributed by atoms with E-state index in [0.29, 0.717) is 24.4 Å². The van der Waals surface area contributed by atoms with Gasteiger partial charge < -0.3 is 19.2 Å². The van der Waals surface area contributed by atoms with Crippen molar-refractivity contribution < 1.29 is 38.2 Å². The van der Waals surface area contributed by atoms with E-state index in [-0.39, 0.29) is 41.0 Å². The number of H-pyrrole nitrogens is 1. The zero-order chi connectivity index (χ0) is 25.0. The van der Waals surface area contributed by atoms with Crippen molar-refractivity contribution in [3.05, 3.63) is 57.4 Å². The van der Waals surface area contributed by atoms with Gasteiger partial charge in [0.1, 0.15) is 0 Å². The Bertz CT molecular complexity index is 1160. The number of carbonyl (C=O) groups is 5. The van der Waals surface area contributed by atoms with Gasteiger partial charge in [0.25, 0.3) is 11.8 Å². The lowest BCUT2D eigenvalue weighted by atomic mass is 10.0. The van der Waals surface area contributed by atoms with Gasteiger partial charge in [0.15, 0.2) is 6.61 Å². The quantitative estimate of drug-likeness (QED) is 0.242. The lowest BCUT2D eigenvalue weighted by Crippen LogP contribution is -2.31. The second-order valence-corrected chi connectivity index (χ2v) is 7.71. The van der Waals surface area contributed by atoms with Crippen LogP contribution in [0.3, 0.4) is 0 Å². The summed E-state index contributed by atoms with van der Waals surface area (Å²) in [5.41, 5.74) is 1.47. The minimum atomic E-state index is -0.836. The molecule has 34 heavy (non-hydrogen) atoms. The third kappa shape index (κ3) is 4.76. The van der Waals surface area contributed by atoms with Crippen molar-refractivity contribution in [2.45, 2.75) is 27.2 Å². The van der Waals surface area contributed by atoms with Gasteiger partial charge in [0.05, 0.1) is 34.4 Å². The van der Waals surface area contributed by atoms with Gasteiger partial charge in [-0.3, -0.25) is 19.3 Å². The number of esters is 2. The van der Waals surface area contributed by atoms with Crippen LogP contribution >= 0.6 is 0 Å². The van der Waals surface area contributed by atoms with Crippen LogP contribution in [-0.2, 0) is 14.2 Å². The van der Waals surface area contributed by atoms with Gasteiger partial charge in [0.2, 0.25) is 5.78 Å². The van der Waals surface area contributed by atoms with Crippen LogP contribution in [-0.4, -0.2) is 72.9 Å². The number of ether oxygens (including phenoxy) is 3. The Morgan fingerprint density at radius 3 is 2.29 bits per heavy atom. The molecule has 3 rings (SSSR count). The molecular weight excluding hydrogens is 444 g/mol. The zero-order valence-electron chi connectivity index (χ0n) is 19.5. The Kier molecular flexibility index (Phi) is 7.62. The standard InChI is InChI=1S/C24H26N2O8/c1-5-33-24(31)20-14(3)25-13(2)19(20)18(27)12-34-23(30)15-7-8-16-17(11-15)22(29)26(21(16)28)9-6-10-32-4/h7-8,11,25H,5-6,9-10,12H2,1-4H3. The van der Waals surface area contributed by atoms with Crippen LogP contribution in [0.1, 0.15) is 76.5 Å². The van der Waals surface area contributed by atoms with Crippen LogP contribution < -0.4 is 0 Å². The molecule has 0 radical (unpaired) electrons. The highest BCUT2D eigenvalue weighted by atomic mass is 16.5. The van der Waals surface area contributed by atoms with Crippen molar-refractivity contribution in [1.29, 1.82) is 0 Å². The van der Waals surface area contributed by atoms with Crippen molar-refractivity contribution in [2.24, 2.45) is 0 Å². The summed E-state index contributed by atoms with van der Waals surface area (Å²) in [6, 6.07) is 4.04. The van der Waals surface area contributed by atoms with Gasteiger partial charge in [0, 0.05) is 31.6 Å². The molecule has 0 atom stereocenters. The predicted molar refractivity (Wildman–Crippen MR) is 119 cm³/mol. The molecule has 1 N–H and O–H groups in total. The third-order valence-electron chi connectivity index (χ3n) is 5.40. The minimum absolute atomic E-state index is 0.0269. The lowest BCUT2D eigenvalue weighted by molar-refractivity contribution is 0.0472. The fourth-order valence-electron chi connectivity index (χ4n) is 3.86. The predicted octanol–water partition coefficient (Wildman–Crippen LogP) is 2.48. The number of hydrogen-bond acceptors (Lipinski definition) is 8. The number of nitrogens with one attached hydrogen (secondary N) is 1. The zero-order valence-corrected chi connectivity index (χ0v) is 19.5. The molecule has 1 aromatic heterocycles. The van der Waals surface area contributed by atoms with Crippen LogP contribution in [0.2, 0.25) is 0 Å². The molecule has 0 saturated carbocycles. The van der Waals surface area contributed by atoms with E-state index < -0.39 is 36.1 Å². The minimum Gasteiger partial charge on any atom is -0.462 e. The highest BCUT2D eigenvalue weighted by molar-refractivity contribution is 6.22. The van der Waals surface area contributed by atoms with E-state index in [1.54, 1.807) is 20.8 Å². The highest BCUT2D eigenvalue weighted by Gasteiger charge is 2.36. The van der Waals surface area contributed by atoms with Crippen LogP contribution in [0.4, 0.5) is 0 Å². The molecule has 2 amide bonds. The molecule has 10 nitrogen and oxygen atoms in total. The molecule has 2 heterocycles. The average molecular weight is 470 g/mol. The maximum atomic E-state index is 12.8. The third-order valence-corrected chi connectivity index (χ3v) is 5.40. The number of carbonyl (C=O) groups excluding carboxylic acids is 5. The van der Waals surface area contributed by atoms with Crippen molar-refractivity contribution in [3.63, 3.8) is 0 Å². The fraction of sp³-hybridized carbons (Fsp3) is 0.375. The Hall–Kier alpha value is -3.79. The number of amides is 2. The molecule has 0 spiro atoms. The molecule has 0 unspecified atom stereocenters. The first-order valence-corrected chi connectivity index (χ1v) is 10.8. The second-order valence-electron chi connectivity index (χ2n) is 7.71. The summed E-state index contributed by atoms with van der Waals surface area (Å²) in [4.78, 5) is 66.8. The van der Waals surface area contributed by atoms with Gasteiger partial charge >= 0.3 is 11.9 Å². The number of Topliss-reactive ketones (excluding diaryl/α,β-unsaturated/α-hetero) is 1. The molecule has 180 valence electrons. The molecule has 2 aromatic rings.